The molecule has 1 aliphatic carbocycles. The van der Waals surface area contributed by atoms with Gasteiger partial charge in [-0.15, -0.1) is 18.0 Å². The highest BCUT2D eigenvalue weighted by Gasteiger charge is 2.35. The second-order valence-corrected chi connectivity index (χ2v) is 7.15. The van der Waals surface area contributed by atoms with Crippen LogP contribution in [0.15, 0.2) is 23.3 Å². The predicted molar refractivity (Wildman–Crippen MR) is 109 cm³/mol. The van der Waals surface area contributed by atoms with Gasteiger partial charge >= 0.3 is 5.97 Å². The molecule has 0 unspecified atom stereocenters. The molecule has 1 aromatic rings. The van der Waals surface area contributed by atoms with Gasteiger partial charge in [0.05, 0.1) is 17.9 Å². The summed E-state index contributed by atoms with van der Waals surface area (Å²) < 4.78 is 20.2. The maximum Gasteiger partial charge on any atom is 0.332 e. The molecule has 1 N–H and O–H groups in total. The summed E-state index contributed by atoms with van der Waals surface area (Å²) in [7, 11) is 0. The van der Waals surface area contributed by atoms with Crippen molar-refractivity contribution in [1.29, 1.82) is 0 Å². The molecule has 1 heterocycles. The summed E-state index contributed by atoms with van der Waals surface area (Å²) in [6, 6.07) is 2.04. The van der Waals surface area contributed by atoms with Crippen molar-refractivity contribution in [3.63, 3.8) is 0 Å². The van der Waals surface area contributed by atoms with E-state index in [2.05, 4.69) is 5.92 Å². The topological polar surface area (TPSA) is 104 Å². The van der Waals surface area contributed by atoms with E-state index >= 15 is 0 Å². The number of halogens is 2. The van der Waals surface area contributed by atoms with Gasteiger partial charge in [-0.2, -0.15) is 0 Å². The Kier molecular flexibility index (Phi) is 6.61. The number of hydrogen-bond donors (Lipinski definition) is 1. The maximum absolute atomic E-state index is 15.0. The van der Waals surface area contributed by atoms with Crippen LogP contribution in [0, 0.1) is 18.2 Å². The van der Waals surface area contributed by atoms with Crippen LogP contribution in [0.4, 0.5) is 15.8 Å². The first-order chi connectivity index (χ1) is 14.8. The zero-order valence-electron chi connectivity index (χ0n) is 16.3. The van der Waals surface area contributed by atoms with Crippen LogP contribution in [0.1, 0.15) is 25.7 Å². The van der Waals surface area contributed by atoms with E-state index in [-0.39, 0.29) is 48.6 Å². The van der Waals surface area contributed by atoms with Gasteiger partial charge in [-0.25, -0.2) is 14.1 Å². The summed E-state index contributed by atoms with van der Waals surface area (Å²) in [6.07, 6.45) is 6.72. The van der Waals surface area contributed by atoms with Crippen molar-refractivity contribution in [2.45, 2.75) is 25.7 Å². The molecular formula is C21H18ClFN2O6. The number of imide groups is 1. The first-order valence-corrected chi connectivity index (χ1v) is 9.92. The maximum atomic E-state index is 15.0. The lowest BCUT2D eigenvalue weighted by Gasteiger charge is -2.30. The Labute approximate surface area is 182 Å². The third-order valence-electron chi connectivity index (χ3n) is 5.01. The van der Waals surface area contributed by atoms with Crippen molar-refractivity contribution in [2.75, 3.05) is 28.8 Å². The molecule has 1 aromatic carbocycles. The molecule has 0 spiro atoms. The van der Waals surface area contributed by atoms with Crippen LogP contribution in [0.5, 0.6) is 5.75 Å². The number of hydrogen-bond acceptors (Lipinski definition) is 5. The molecule has 0 aromatic heterocycles. The Morgan fingerprint density at radius 2 is 1.94 bits per heavy atom. The van der Waals surface area contributed by atoms with E-state index < -0.39 is 41.1 Å². The Balaban J connectivity index is 2.15. The van der Waals surface area contributed by atoms with Crippen molar-refractivity contribution < 1.29 is 33.4 Å². The largest absolute Gasteiger partial charge is 0.481 e. The number of benzene rings is 1. The van der Waals surface area contributed by atoms with Gasteiger partial charge in [0.25, 0.3) is 11.8 Å². The van der Waals surface area contributed by atoms with Crippen molar-refractivity contribution in [3.8, 4) is 18.1 Å². The number of carbonyl (C=O) groups is 4. The average Bonchev–Trinajstić information content (AvgIpc) is 2.76. The zero-order valence-corrected chi connectivity index (χ0v) is 17.1. The number of terminal acetylenes is 1. The van der Waals surface area contributed by atoms with E-state index in [4.69, 9.17) is 22.8 Å². The Bertz CT molecular complexity index is 1050. The quantitative estimate of drug-likeness (QED) is 0.547. The molecule has 8 nitrogen and oxygen atoms in total. The Morgan fingerprint density at radius 3 is 2.55 bits per heavy atom. The smallest absolute Gasteiger partial charge is 0.332 e. The Hall–Kier alpha value is -3.38. The number of carboxylic acids is 1. The molecule has 0 bridgehead atoms. The molecule has 0 atom stereocenters. The number of carbonyl (C=O) groups excluding carboxylic acids is 3. The number of amides is 3. The first-order valence-electron chi connectivity index (χ1n) is 9.38. The normalized spacial score (nSPS) is 15.6. The second-order valence-electron chi connectivity index (χ2n) is 6.88. The summed E-state index contributed by atoms with van der Waals surface area (Å²) in [6.45, 7) is -0.475. The van der Waals surface area contributed by atoms with Crippen molar-refractivity contribution in [2.24, 2.45) is 0 Å². The molecule has 31 heavy (non-hydrogen) atoms. The number of nitrogens with zero attached hydrogens (tertiary/aromatic N) is 2. The minimum Gasteiger partial charge on any atom is -0.481 e. The standard InChI is InChI=1S/C21H18ClFN2O6/c1-2-7-24-16-9-15(14(23)8-17(16)31-11-19(24)27)25(18(26)10-22)20(28)12-5-3-4-6-13(12)21(29)30/h1,8-9H,3-7,10-11H2,(H,29,30). The molecule has 0 radical (unpaired) electrons. The highest BCUT2D eigenvalue weighted by molar-refractivity contribution is 6.34. The fourth-order valence-corrected chi connectivity index (χ4v) is 3.70. The number of anilines is 2. The van der Waals surface area contributed by atoms with Crippen LogP contribution < -0.4 is 14.5 Å². The predicted octanol–water partition coefficient (Wildman–Crippen LogP) is 2.24. The van der Waals surface area contributed by atoms with Gasteiger partial charge in [0.1, 0.15) is 11.6 Å². The van der Waals surface area contributed by atoms with E-state index in [0.29, 0.717) is 17.7 Å². The number of fused-ring (bicyclic) bond motifs is 1. The minimum absolute atomic E-state index is 0.0185. The summed E-state index contributed by atoms with van der Waals surface area (Å²) in [5.74, 6) is -2.96. The molecular weight excluding hydrogens is 431 g/mol. The van der Waals surface area contributed by atoms with Crippen LogP contribution in [0.2, 0.25) is 0 Å². The lowest BCUT2D eigenvalue weighted by atomic mass is 9.90. The van der Waals surface area contributed by atoms with Gasteiger partial charge in [0.2, 0.25) is 5.91 Å². The molecule has 0 fully saturated rings. The number of carboxylic acid groups (broad SMARTS) is 1. The highest BCUT2D eigenvalue weighted by Crippen LogP contribution is 2.39. The van der Waals surface area contributed by atoms with Gasteiger partial charge in [-0.1, -0.05) is 5.92 Å². The number of rotatable bonds is 5. The third-order valence-corrected chi connectivity index (χ3v) is 5.24. The van der Waals surface area contributed by atoms with E-state index in [9.17, 15) is 28.7 Å². The molecule has 10 heteroatoms. The molecule has 0 saturated carbocycles. The van der Waals surface area contributed by atoms with Gasteiger partial charge < -0.3 is 9.84 Å². The lowest BCUT2D eigenvalue weighted by molar-refractivity contribution is -0.133. The SMILES string of the molecule is C#CCN1C(=O)COc2cc(F)c(N(C(=O)CCl)C(=O)C3=C(C(=O)O)CCCC3)cc21. The molecule has 3 rings (SSSR count). The molecule has 0 saturated heterocycles. The fourth-order valence-electron chi connectivity index (χ4n) is 3.58. The van der Waals surface area contributed by atoms with E-state index in [1.165, 1.54) is 0 Å². The molecule has 2 aliphatic rings. The fraction of sp³-hybridized carbons (Fsp3) is 0.333. The summed E-state index contributed by atoms with van der Waals surface area (Å²) >= 11 is 5.66. The highest BCUT2D eigenvalue weighted by atomic mass is 35.5. The number of ether oxygens (including phenoxy) is 1. The average molecular weight is 449 g/mol. The van der Waals surface area contributed by atoms with Gasteiger partial charge in [0, 0.05) is 17.2 Å². The third kappa shape index (κ3) is 4.25. The summed E-state index contributed by atoms with van der Waals surface area (Å²) in [5.41, 5.74) is -0.587. The zero-order chi connectivity index (χ0) is 22.7. The van der Waals surface area contributed by atoms with Gasteiger partial charge in [-0.3, -0.25) is 19.3 Å². The molecule has 3 amide bonds. The van der Waals surface area contributed by atoms with E-state index in [0.717, 1.165) is 17.0 Å². The van der Waals surface area contributed by atoms with Crippen molar-refractivity contribution in [3.05, 3.63) is 29.1 Å². The van der Waals surface area contributed by atoms with Gasteiger partial charge in [-0.05, 0) is 31.7 Å². The van der Waals surface area contributed by atoms with Crippen LogP contribution >= 0.6 is 11.6 Å². The monoisotopic (exact) mass is 448 g/mol. The van der Waals surface area contributed by atoms with Crippen molar-refractivity contribution >= 4 is 46.7 Å². The van der Waals surface area contributed by atoms with Crippen LogP contribution in [-0.4, -0.2) is 47.8 Å². The number of aliphatic carboxylic acids is 1. The second kappa shape index (κ2) is 9.18. The lowest BCUT2D eigenvalue weighted by Crippen LogP contribution is -2.42. The number of alkyl halides is 1. The minimum atomic E-state index is -1.27. The van der Waals surface area contributed by atoms with E-state index in [1.807, 2.05) is 0 Å². The van der Waals surface area contributed by atoms with Gasteiger partial charge in [0.15, 0.2) is 12.4 Å². The summed E-state index contributed by atoms with van der Waals surface area (Å²) in [4.78, 5) is 51.2. The van der Waals surface area contributed by atoms with Crippen LogP contribution in [-0.2, 0) is 19.2 Å². The molecule has 162 valence electrons. The van der Waals surface area contributed by atoms with Crippen molar-refractivity contribution in [1.82, 2.24) is 0 Å². The summed E-state index contributed by atoms with van der Waals surface area (Å²) in [5, 5.41) is 9.45. The van der Waals surface area contributed by atoms with Crippen LogP contribution in [0.25, 0.3) is 0 Å². The Morgan fingerprint density at radius 1 is 1.26 bits per heavy atom. The first kappa shape index (κ1) is 22.3. The van der Waals surface area contributed by atoms with E-state index in [1.54, 1.807) is 0 Å². The van der Waals surface area contributed by atoms with Crippen LogP contribution in [0.3, 0.4) is 0 Å². The molecule has 1 aliphatic heterocycles.